The molecule has 28 heavy (non-hydrogen) atoms. The number of aromatic nitrogens is 2. The number of hydrogen-bond donors (Lipinski definition) is 2. The largest absolute Gasteiger partial charge is 0.395 e. The molecule has 0 aliphatic rings. The highest BCUT2D eigenvalue weighted by atomic mass is 35.5. The Kier molecular flexibility index (Phi) is 9.75. The van der Waals surface area contributed by atoms with E-state index in [1.54, 1.807) is 30.0 Å². The van der Waals surface area contributed by atoms with Crippen LogP contribution in [0.3, 0.4) is 0 Å². The van der Waals surface area contributed by atoms with Gasteiger partial charge in [-0.15, -0.1) is 12.4 Å². The molecule has 1 heterocycles. The molecule has 8 heteroatoms. The van der Waals surface area contributed by atoms with Crippen LogP contribution in [0.25, 0.3) is 11.3 Å². The molecule has 0 fully saturated rings. The van der Waals surface area contributed by atoms with Gasteiger partial charge in [-0.2, -0.15) is 5.10 Å². The number of aliphatic hydroxyl groups excluding tert-OH is 2. The van der Waals surface area contributed by atoms with Crippen molar-refractivity contribution in [3.63, 3.8) is 0 Å². The molecule has 0 spiro atoms. The first kappa shape index (κ1) is 24.2. The number of nitrogens with zero attached hydrogens (tertiary/aromatic N) is 3. The van der Waals surface area contributed by atoms with Crippen molar-refractivity contribution in [3.05, 3.63) is 51.6 Å². The van der Waals surface area contributed by atoms with Crippen molar-refractivity contribution in [2.45, 2.75) is 33.9 Å². The Balaban J connectivity index is 0.00000392. The highest BCUT2D eigenvalue weighted by Gasteiger charge is 2.15. The average molecular weight is 414 g/mol. The second-order valence-electron chi connectivity index (χ2n) is 7.12. The molecule has 6 nitrogen and oxygen atoms in total. The Morgan fingerprint density at radius 1 is 1.18 bits per heavy atom. The van der Waals surface area contributed by atoms with Crippen LogP contribution in [0.5, 0.6) is 0 Å². The molecule has 0 atom stereocenters. The molecule has 156 valence electrons. The van der Waals surface area contributed by atoms with Gasteiger partial charge in [0.1, 0.15) is 5.82 Å². The summed E-state index contributed by atoms with van der Waals surface area (Å²) in [6.45, 7) is 6.98. The molecule has 0 unspecified atom stereocenters. The lowest BCUT2D eigenvalue weighted by Gasteiger charge is -2.21. The van der Waals surface area contributed by atoms with Crippen LogP contribution in [-0.4, -0.2) is 51.2 Å². The van der Waals surface area contributed by atoms with E-state index in [1.807, 2.05) is 13.8 Å². The summed E-state index contributed by atoms with van der Waals surface area (Å²) in [5, 5.41) is 22.9. The van der Waals surface area contributed by atoms with Gasteiger partial charge in [0.25, 0.3) is 5.56 Å². The summed E-state index contributed by atoms with van der Waals surface area (Å²) in [4.78, 5) is 14.6. The van der Waals surface area contributed by atoms with Gasteiger partial charge in [-0.25, -0.2) is 9.07 Å². The van der Waals surface area contributed by atoms with Crippen molar-refractivity contribution >= 4 is 12.4 Å². The Morgan fingerprint density at radius 2 is 1.82 bits per heavy atom. The van der Waals surface area contributed by atoms with E-state index in [9.17, 15) is 19.4 Å². The summed E-state index contributed by atoms with van der Waals surface area (Å²) in [5.74, 6) is -0.0984. The third kappa shape index (κ3) is 6.38. The normalized spacial score (nSPS) is 11.1. The highest BCUT2D eigenvalue weighted by Crippen LogP contribution is 2.20. The number of hydrogen-bond acceptors (Lipinski definition) is 5. The molecular formula is C20H29ClFN3O3. The van der Waals surface area contributed by atoms with E-state index < -0.39 is 0 Å². The number of aliphatic hydroxyl groups is 2. The molecule has 2 rings (SSSR count). The lowest BCUT2D eigenvalue weighted by molar-refractivity contribution is 0.155. The maximum atomic E-state index is 14.0. The van der Waals surface area contributed by atoms with Gasteiger partial charge in [0.2, 0.25) is 0 Å². The first-order chi connectivity index (χ1) is 12.8. The number of halogens is 2. The van der Waals surface area contributed by atoms with Gasteiger partial charge >= 0.3 is 0 Å². The number of aryl methyl sites for hydroxylation is 1. The first-order valence-corrected chi connectivity index (χ1v) is 9.17. The van der Waals surface area contributed by atoms with Gasteiger partial charge in [-0.3, -0.25) is 9.69 Å². The molecule has 0 bridgehead atoms. The Hall–Kier alpha value is -1.80. The predicted octanol–water partition coefficient (Wildman–Crippen LogP) is 2.22. The van der Waals surface area contributed by atoms with Crippen molar-refractivity contribution in [2.24, 2.45) is 5.92 Å². The van der Waals surface area contributed by atoms with E-state index in [1.165, 1.54) is 10.7 Å². The van der Waals surface area contributed by atoms with E-state index in [-0.39, 0.29) is 49.5 Å². The summed E-state index contributed by atoms with van der Waals surface area (Å²) in [6.07, 6.45) is 0. The molecule has 0 saturated heterocycles. The molecule has 0 radical (unpaired) electrons. The second-order valence-corrected chi connectivity index (χ2v) is 7.12. The van der Waals surface area contributed by atoms with E-state index in [0.29, 0.717) is 42.0 Å². The maximum Gasteiger partial charge on any atom is 0.271 e. The molecule has 0 aliphatic carbocycles. The van der Waals surface area contributed by atoms with Crippen molar-refractivity contribution in [3.8, 4) is 11.3 Å². The van der Waals surface area contributed by atoms with Crippen LogP contribution >= 0.6 is 12.4 Å². The van der Waals surface area contributed by atoms with Crippen LogP contribution in [0.4, 0.5) is 4.39 Å². The molecular weight excluding hydrogens is 385 g/mol. The van der Waals surface area contributed by atoms with Gasteiger partial charge in [0, 0.05) is 37.3 Å². The van der Waals surface area contributed by atoms with Crippen LogP contribution in [0, 0.1) is 18.7 Å². The quantitative estimate of drug-likeness (QED) is 0.659. The zero-order chi connectivity index (χ0) is 20.0. The van der Waals surface area contributed by atoms with Crippen molar-refractivity contribution in [2.75, 3.05) is 26.3 Å². The zero-order valence-electron chi connectivity index (χ0n) is 16.6. The van der Waals surface area contributed by atoms with Gasteiger partial charge in [-0.05, 0) is 30.5 Å². The summed E-state index contributed by atoms with van der Waals surface area (Å²) in [5.41, 5.74) is 1.97. The minimum absolute atomic E-state index is 0. The fourth-order valence-electron chi connectivity index (χ4n) is 2.87. The third-order valence-corrected chi connectivity index (χ3v) is 4.28. The average Bonchev–Trinajstić information content (AvgIpc) is 2.60. The third-order valence-electron chi connectivity index (χ3n) is 4.28. The minimum Gasteiger partial charge on any atom is -0.395 e. The van der Waals surface area contributed by atoms with Crippen LogP contribution < -0.4 is 5.56 Å². The van der Waals surface area contributed by atoms with E-state index >= 15 is 0 Å². The lowest BCUT2D eigenvalue weighted by atomic mass is 10.1. The summed E-state index contributed by atoms with van der Waals surface area (Å²) in [7, 11) is 0. The van der Waals surface area contributed by atoms with E-state index in [4.69, 9.17) is 0 Å². The summed E-state index contributed by atoms with van der Waals surface area (Å²) in [6, 6.07) is 6.57. The van der Waals surface area contributed by atoms with Gasteiger partial charge in [-0.1, -0.05) is 26.0 Å². The van der Waals surface area contributed by atoms with Crippen LogP contribution in [0.1, 0.15) is 25.0 Å². The first-order valence-electron chi connectivity index (χ1n) is 9.17. The smallest absolute Gasteiger partial charge is 0.271 e. The summed E-state index contributed by atoms with van der Waals surface area (Å²) < 4.78 is 15.4. The van der Waals surface area contributed by atoms with E-state index in [0.717, 1.165) is 0 Å². The summed E-state index contributed by atoms with van der Waals surface area (Å²) >= 11 is 0. The molecule has 2 N–H and O–H groups in total. The predicted molar refractivity (Wildman–Crippen MR) is 110 cm³/mol. The number of benzene rings is 1. The van der Waals surface area contributed by atoms with Crippen LogP contribution in [0.2, 0.25) is 0 Å². The maximum absolute atomic E-state index is 14.0. The fraction of sp³-hybridized carbons (Fsp3) is 0.500. The van der Waals surface area contributed by atoms with Gasteiger partial charge in [0.15, 0.2) is 0 Å². The second kappa shape index (κ2) is 11.3. The van der Waals surface area contributed by atoms with Crippen molar-refractivity contribution in [1.82, 2.24) is 14.7 Å². The molecule has 0 amide bonds. The zero-order valence-corrected chi connectivity index (χ0v) is 17.4. The topological polar surface area (TPSA) is 78.6 Å². The molecule has 0 aliphatic heterocycles. The van der Waals surface area contributed by atoms with Gasteiger partial charge < -0.3 is 10.2 Å². The molecule has 2 aromatic rings. The molecule has 1 aromatic heterocycles. The van der Waals surface area contributed by atoms with E-state index in [2.05, 4.69) is 5.10 Å². The van der Waals surface area contributed by atoms with Gasteiger partial charge in [0.05, 0.1) is 18.9 Å². The van der Waals surface area contributed by atoms with Crippen LogP contribution in [0.15, 0.2) is 29.1 Å². The lowest BCUT2D eigenvalue weighted by Crippen LogP contribution is -2.35. The number of rotatable bonds is 9. The Labute approximate surface area is 171 Å². The fourth-order valence-corrected chi connectivity index (χ4v) is 2.87. The monoisotopic (exact) mass is 413 g/mol. The highest BCUT2D eigenvalue weighted by molar-refractivity contribution is 5.85. The Morgan fingerprint density at radius 3 is 2.36 bits per heavy atom. The molecule has 1 aromatic carbocycles. The Bertz CT molecular complexity index is 821. The minimum atomic E-state index is -0.320. The van der Waals surface area contributed by atoms with Crippen molar-refractivity contribution < 1.29 is 14.6 Å². The van der Waals surface area contributed by atoms with Crippen LogP contribution in [-0.2, 0) is 13.1 Å². The van der Waals surface area contributed by atoms with Crippen molar-refractivity contribution in [1.29, 1.82) is 0 Å². The standard InChI is InChI=1S/C20H28FN3O3.ClH/c1-14(2)12-24-20(27)17(13-23(6-8-25)7-9-26)11-19(22-24)16-5-4-15(3)18(21)10-16;/h4-5,10-11,14,25-26H,6-9,12-13H2,1-3H3;1H. The molecule has 0 saturated carbocycles. The SMILES string of the molecule is Cc1ccc(-c2cc(CN(CCO)CCO)c(=O)n(CC(C)C)n2)cc1F.Cl.